The number of hydrogen-bond donors (Lipinski definition) is 1. The Hall–Kier alpha value is -0.820. The van der Waals surface area contributed by atoms with E-state index in [0.29, 0.717) is 10.8 Å². The van der Waals surface area contributed by atoms with Crippen LogP contribution in [0.25, 0.3) is 0 Å². The monoisotopic (exact) mass is 382 g/mol. The summed E-state index contributed by atoms with van der Waals surface area (Å²) in [6, 6.07) is 0. The average Bonchev–Trinajstić information content (AvgIpc) is 2.99. The standard InChI is InChI=1S/C27H42O/c1-18(2)7-6-8-19(3)23-11-12-24-22-10-9-20-17-21(28)13-15-26(20,4)25(22)14-16-27(23,24)5/h7,9,21-25,28H,3,6,8,10-17H2,1-2,4-5H3. The maximum absolute atomic E-state index is 10.2. The van der Waals surface area contributed by atoms with Crippen LogP contribution in [0.2, 0.25) is 0 Å². The molecule has 0 aromatic carbocycles. The zero-order valence-corrected chi connectivity index (χ0v) is 18.8. The lowest BCUT2D eigenvalue weighted by Gasteiger charge is -2.58. The first kappa shape index (κ1) is 20.5. The van der Waals surface area contributed by atoms with Crippen LogP contribution in [0.3, 0.4) is 0 Å². The molecule has 7 unspecified atom stereocenters. The molecule has 0 saturated heterocycles. The van der Waals surface area contributed by atoms with Gasteiger partial charge in [-0.2, -0.15) is 0 Å². The first-order chi connectivity index (χ1) is 13.3. The topological polar surface area (TPSA) is 20.2 Å². The van der Waals surface area contributed by atoms with Crippen molar-refractivity contribution in [1.82, 2.24) is 0 Å². The van der Waals surface area contributed by atoms with Crippen molar-refractivity contribution in [2.24, 2.45) is 34.5 Å². The molecule has 4 aliphatic carbocycles. The van der Waals surface area contributed by atoms with Gasteiger partial charge in [0.1, 0.15) is 0 Å². The highest BCUT2D eigenvalue weighted by Crippen LogP contribution is 2.67. The van der Waals surface area contributed by atoms with Crippen LogP contribution in [-0.4, -0.2) is 11.2 Å². The molecule has 0 bridgehead atoms. The van der Waals surface area contributed by atoms with Crippen LogP contribution in [0.1, 0.15) is 91.9 Å². The van der Waals surface area contributed by atoms with E-state index in [1.165, 1.54) is 56.1 Å². The fraction of sp³-hybridized carbons (Fsp3) is 0.778. The summed E-state index contributed by atoms with van der Waals surface area (Å²) in [5.41, 5.74) is 5.39. The molecule has 0 aliphatic heterocycles. The van der Waals surface area contributed by atoms with Crippen molar-refractivity contribution in [3.63, 3.8) is 0 Å². The third-order valence-electron chi connectivity index (χ3n) is 9.59. The molecule has 3 saturated carbocycles. The highest BCUT2D eigenvalue weighted by Gasteiger charge is 2.58. The summed E-state index contributed by atoms with van der Waals surface area (Å²) in [7, 11) is 0. The number of hydrogen-bond acceptors (Lipinski definition) is 1. The quantitative estimate of drug-likeness (QED) is 0.508. The number of aliphatic hydroxyl groups is 1. The first-order valence-electron chi connectivity index (χ1n) is 11.9. The van der Waals surface area contributed by atoms with Gasteiger partial charge in [0.05, 0.1) is 6.10 Å². The molecule has 0 heterocycles. The van der Waals surface area contributed by atoms with Crippen LogP contribution in [0, 0.1) is 34.5 Å². The molecule has 4 aliphatic rings. The van der Waals surface area contributed by atoms with Crippen LogP contribution in [0.5, 0.6) is 0 Å². The van der Waals surface area contributed by atoms with E-state index in [-0.39, 0.29) is 6.10 Å². The Labute approximate surface area is 173 Å². The summed E-state index contributed by atoms with van der Waals surface area (Å²) >= 11 is 0. The minimum absolute atomic E-state index is 0.0928. The molecular formula is C27H42O. The fourth-order valence-electron chi connectivity index (χ4n) is 8.03. The number of allylic oxidation sites excluding steroid dienone is 4. The van der Waals surface area contributed by atoms with Gasteiger partial charge >= 0.3 is 0 Å². The smallest absolute Gasteiger partial charge is 0.0577 e. The van der Waals surface area contributed by atoms with Crippen molar-refractivity contribution in [2.75, 3.05) is 0 Å². The maximum atomic E-state index is 10.2. The van der Waals surface area contributed by atoms with E-state index in [1.54, 1.807) is 5.57 Å². The van der Waals surface area contributed by atoms with Gasteiger partial charge < -0.3 is 5.11 Å². The minimum Gasteiger partial charge on any atom is -0.393 e. The molecule has 3 fully saturated rings. The van der Waals surface area contributed by atoms with Crippen molar-refractivity contribution in [1.29, 1.82) is 0 Å². The van der Waals surface area contributed by atoms with Crippen LogP contribution >= 0.6 is 0 Å². The Bertz CT molecular complexity index is 680. The highest BCUT2D eigenvalue weighted by molar-refractivity contribution is 5.26. The fourth-order valence-corrected chi connectivity index (χ4v) is 8.03. The number of rotatable bonds is 4. The van der Waals surface area contributed by atoms with Crippen LogP contribution in [-0.2, 0) is 0 Å². The molecule has 0 aromatic heterocycles. The normalized spacial score (nSPS) is 44.8. The molecule has 0 amide bonds. The lowest BCUT2D eigenvalue weighted by Crippen LogP contribution is -2.50. The maximum Gasteiger partial charge on any atom is 0.0577 e. The van der Waals surface area contributed by atoms with E-state index in [1.807, 2.05) is 0 Å². The lowest BCUT2D eigenvalue weighted by atomic mass is 9.47. The molecule has 0 aromatic rings. The Morgan fingerprint density at radius 2 is 1.93 bits per heavy atom. The van der Waals surface area contributed by atoms with Crippen LogP contribution in [0.15, 0.2) is 35.5 Å². The van der Waals surface area contributed by atoms with Gasteiger partial charge in [0, 0.05) is 0 Å². The van der Waals surface area contributed by atoms with E-state index in [0.717, 1.165) is 42.9 Å². The van der Waals surface area contributed by atoms with Crippen molar-refractivity contribution in [3.05, 3.63) is 35.5 Å². The zero-order valence-electron chi connectivity index (χ0n) is 18.8. The zero-order chi connectivity index (χ0) is 20.1. The SMILES string of the molecule is C=C(CCC=C(C)C)C1CCC2C3CC=C4CC(O)CCC4(C)C3CCC12C. The lowest BCUT2D eigenvalue weighted by molar-refractivity contribution is -0.0456. The van der Waals surface area contributed by atoms with E-state index < -0.39 is 0 Å². The Morgan fingerprint density at radius 3 is 2.68 bits per heavy atom. The van der Waals surface area contributed by atoms with Gasteiger partial charge in [0.25, 0.3) is 0 Å². The molecule has 1 N–H and O–H groups in total. The van der Waals surface area contributed by atoms with Crippen LogP contribution < -0.4 is 0 Å². The van der Waals surface area contributed by atoms with Gasteiger partial charge in [-0.05, 0) is 113 Å². The summed E-state index contributed by atoms with van der Waals surface area (Å²) in [5, 5.41) is 10.2. The van der Waals surface area contributed by atoms with Gasteiger partial charge in [0.15, 0.2) is 0 Å². The molecule has 0 spiro atoms. The van der Waals surface area contributed by atoms with Crippen molar-refractivity contribution in [2.45, 2.75) is 98.0 Å². The second-order valence-electron chi connectivity index (χ2n) is 11.3. The minimum atomic E-state index is -0.0928. The molecule has 1 heteroatoms. The van der Waals surface area contributed by atoms with Gasteiger partial charge in [-0.15, -0.1) is 0 Å². The molecule has 4 rings (SSSR count). The Morgan fingerprint density at radius 1 is 1.14 bits per heavy atom. The summed E-state index contributed by atoms with van der Waals surface area (Å²) in [6.45, 7) is 14.1. The average molecular weight is 383 g/mol. The predicted molar refractivity (Wildman–Crippen MR) is 119 cm³/mol. The number of fused-ring (bicyclic) bond motifs is 5. The van der Waals surface area contributed by atoms with Crippen LogP contribution in [0.4, 0.5) is 0 Å². The van der Waals surface area contributed by atoms with E-state index >= 15 is 0 Å². The summed E-state index contributed by atoms with van der Waals surface area (Å²) < 4.78 is 0. The molecule has 1 nitrogen and oxygen atoms in total. The van der Waals surface area contributed by atoms with Gasteiger partial charge in [-0.3, -0.25) is 0 Å². The van der Waals surface area contributed by atoms with E-state index in [9.17, 15) is 5.11 Å². The molecule has 0 radical (unpaired) electrons. The second-order valence-corrected chi connectivity index (χ2v) is 11.3. The molecular weight excluding hydrogens is 340 g/mol. The van der Waals surface area contributed by atoms with Crippen molar-refractivity contribution in [3.8, 4) is 0 Å². The highest BCUT2D eigenvalue weighted by atomic mass is 16.3. The summed E-state index contributed by atoms with van der Waals surface area (Å²) in [5.74, 6) is 3.31. The summed E-state index contributed by atoms with van der Waals surface area (Å²) in [4.78, 5) is 0. The van der Waals surface area contributed by atoms with Gasteiger partial charge in [-0.25, -0.2) is 0 Å². The third kappa shape index (κ3) is 3.26. The Balaban J connectivity index is 1.52. The molecule has 7 atom stereocenters. The summed E-state index contributed by atoms with van der Waals surface area (Å²) in [6.07, 6.45) is 17.1. The Kier molecular flexibility index (Phi) is 5.45. The second kappa shape index (κ2) is 7.46. The molecule has 28 heavy (non-hydrogen) atoms. The van der Waals surface area contributed by atoms with E-state index in [4.69, 9.17) is 0 Å². The van der Waals surface area contributed by atoms with Crippen molar-refractivity contribution >= 4 is 0 Å². The predicted octanol–water partition coefficient (Wildman–Crippen LogP) is 7.23. The van der Waals surface area contributed by atoms with Crippen molar-refractivity contribution < 1.29 is 5.11 Å². The van der Waals surface area contributed by atoms with Gasteiger partial charge in [0.2, 0.25) is 0 Å². The largest absolute Gasteiger partial charge is 0.393 e. The number of aliphatic hydroxyl groups excluding tert-OH is 1. The van der Waals surface area contributed by atoms with E-state index in [2.05, 4.69) is 46.4 Å². The third-order valence-corrected chi connectivity index (χ3v) is 9.59. The molecule has 156 valence electrons. The first-order valence-corrected chi connectivity index (χ1v) is 11.9. The van der Waals surface area contributed by atoms with Gasteiger partial charge in [-0.1, -0.05) is 49.3 Å².